The van der Waals surface area contributed by atoms with Crippen molar-refractivity contribution in [2.24, 2.45) is 23.7 Å². The molecule has 0 heterocycles. The molecule has 0 spiro atoms. The van der Waals surface area contributed by atoms with Gasteiger partial charge in [-0.2, -0.15) is 0 Å². The van der Waals surface area contributed by atoms with Crippen molar-refractivity contribution in [2.75, 3.05) is 12.8 Å². The monoisotopic (exact) mass is 328 g/mol. The molecule has 3 nitrogen and oxygen atoms in total. The van der Waals surface area contributed by atoms with Crippen LogP contribution in [0.2, 0.25) is 0 Å². The van der Waals surface area contributed by atoms with Crippen molar-refractivity contribution in [3.8, 4) is 0 Å². The summed E-state index contributed by atoms with van der Waals surface area (Å²) in [6.45, 7) is 4.86. The van der Waals surface area contributed by atoms with E-state index in [0.717, 1.165) is 37.5 Å². The molecule has 128 valence electrons. The molecule has 4 bridgehead atoms. The van der Waals surface area contributed by atoms with E-state index in [1.807, 2.05) is 0 Å². The summed E-state index contributed by atoms with van der Waals surface area (Å²) in [7, 11) is -2.89. The van der Waals surface area contributed by atoms with Crippen molar-refractivity contribution < 1.29 is 13.6 Å². The molecule has 4 saturated carbocycles. The molecule has 4 heteroatoms. The Labute approximate surface area is 136 Å². The molecule has 0 radical (unpaired) electrons. The van der Waals surface area contributed by atoms with Gasteiger partial charge < -0.3 is 9.05 Å². The highest BCUT2D eigenvalue weighted by molar-refractivity contribution is 7.53. The average Bonchev–Trinajstić information content (AvgIpc) is 2.49. The van der Waals surface area contributed by atoms with E-state index in [1.54, 1.807) is 0 Å². The maximum atomic E-state index is 13.2. The van der Waals surface area contributed by atoms with Crippen LogP contribution in [0.1, 0.15) is 71.6 Å². The maximum Gasteiger partial charge on any atom is 0.330 e. The van der Waals surface area contributed by atoms with Crippen LogP contribution in [0.25, 0.3) is 0 Å². The zero-order valence-corrected chi connectivity index (χ0v) is 15.2. The number of rotatable bonds is 9. The molecule has 1 unspecified atom stereocenters. The predicted molar refractivity (Wildman–Crippen MR) is 90.2 cm³/mol. The number of hydrogen-bond acceptors (Lipinski definition) is 3. The zero-order chi connectivity index (χ0) is 15.6. The number of unbranched alkanes of at least 4 members (excludes halogenated alkanes) is 2. The van der Waals surface area contributed by atoms with Crippen LogP contribution in [0.15, 0.2) is 0 Å². The summed E-state index contributed by atoms with van der Waals surface area (Å²) in [6, 6.07) is 0. The molecule has 4 aliphatic rings. The largest absolute Gasteiger partial charge is 0.330 e. The van der Waals surface area contributed by atoms with Gasteiger partial charge in [0.2, 0.25) is 0 Å². The fourth-order valence-electron chi connectivity index (χ4n) is 5.08. The van der Waals surface area contributed by atoms with E-state index in [1.165, 1.54) is 32.1 Å². The van der Waals surface area contributed by atoms with Crippen molar-refractivity contribution in [1.29, 1.82) is 0 Å². The second-order valence-electron chi connectivity index (χ2n) is 7.88. The Hall–Kier alpha value is 0.150. The summed E-state index contributed by atoms with van der Waals surface area (Å²) in [5.41, 5.74) is 0. The Morgan fingerprint density at radius 1 is 0.909 bits per heavy atom. The molecule has 4 rings (SSSR count). The highest BCUT2D eigenvalue weighted by atomic mass is 31.2. The minimum atomic E-state index is -2.89. The van der Waals surface area contributed by atoms with Crippen LogP contribution < -0.4 is 0 Å². The molecule has 0 aliphatic heterocycles. The third-order valence-electron chi connectivity index (χ3n) is 5.99. The normalized spacial score (nSPS) is 39.1. The van der Waals surface area contributed by atoms with Crippen LogP contribution in [0.4, 0.5) is 0 Å². The molecule has 4 fully saturated rings. The molecule has 0 amide bonds. The van der Waals surface area contributed by atoms with E-state index < -0.39 is 7.60 Å². The van der Waals surface area contributed by atoms with Gasteiger partial charge in [-0.15, -0.1) is 0 Å². The van der Waals surface area contributed by atoms with E-state index in [4.69, 9.17) is 9.05 Å². The van der Waals surface area contributed by atoms with Crippen LogP contribution in [0, 0.1) is 23.7 Å². The van der Waals surface area contributed by atoms with Crippen molar-refractivity contribution in [3.63, 3.8) is 0 Å². The molecule has 4 aliphatic carbocycles. The smallest absolute Gasteiger partial charge is 0.309 e. The first-order chi connectivity index (χ1) is 10.6. The standard InChI is InChI=1S/C18H33O3P/c1-3-5-7-20-22(19,8-6-4-2)21-18-16-10-14-9-15(12-16)13-17(18)11-14/h14-18H,3-13H2,1-2H3. The lowest BCUT2D eigenvalue weighted by atomic mass is 9.55. The third-order valence-corrected chi connectivity index (χ3v) is 8.00. The second kappa shape index (κ2) is 7.36. The Morgan fingerprint density at radius 2 is 1.50 bits per heavy atom. The lowest BCUT2D eigenvalue weighted by Crippen LogP contribution is -2.49. The van der Waals surface area contributed by atoms with E-state index >= 15 is 0 Å². The van der Waals surface area contributed by atoms with Crippen molar-refractivity contribution in [1.82, 2.24) is 0 Å². The van der Waals surface area contributed by atoms with Gasteiger partial charge in [0.25, 0.3) is 0 Å². The highest BCUT2D eigenvalue weighted by Crippen LogP contribution is 2.60. The van der Waals surface area contributed by atoms with Gasteiger partial charge in [-0.3, -0.25) is 4.57 Å². The molecular weight excluding hydrogens is 295 g/mol. The van der Waals surface area contributed by atoms with Crippen LogP contribution in [-0.2, 0) is 13.6 Å². The number of hydrogen-bond donors (Lipinski definition) is 0. The minimum Gasteiger partial charge on any atom is -0.309 e. The van der Waals surface area contributed by atoms with Crippen LogP contribution in [-0.4, -0.2) is 18.9 Å². The summed E-state index contributed by atoms with van der Waals surface area (Å²) in [5, 5.41) is 0. The quantitative estimate of drug-likeness (QED) is 0.406. The van der Waals surface area contributed by atoms with Gasteiger partial charge in [0.05, 0.1) is 18.9 Å². The molecule has 0 saturated heterocycles. The lowest BCUT2D eigenvalue weighted by Gasteiger charge is -2.54. The van der Waals surface area contributed by atoms with Gasteiger partial charge in [0.1, 0.15) is 0 Å². The van der Waals surface area contributed by atoms with E-state index in [0.29, 0.717) is 24.6 Å². The minimum absolute atomic E-state index is 0.220. The first kappa shape index (κ1) is 17.0. The predicted octanol–water partition coefficient (Wildman–Crippen LogP) is 5.64. The van der Waals surface area contributed by atoms with E-state index in [2.05, 4.69) is 13.8 Å². The fraction of sp³-hybridized carbons (Fsp3) is 1.00. The van der Waals surface area contributed by atoms with Crippen molar-refractivity contribution in [3.05, 3.63) is 0 Å². The molecule has 0 N–H and O–H groups in total. The van der Waals surface area contributed by atoms with Gasteiger partial charge >= 0.3 is 7.60 Å². The summed E-state index contributed by atoms with van der Waals surface area (Å²) >= 11 is 0. The first-order valence-electron chi connectivity index (χ1n) is 9.55. The van der Waals surface area contributed by atoms with Crippen LogP contribution in [0.5, 0.6) is 0 Å². The average molecular weight is 328 g/mol. The van der Waals surface area contributed by atoms with Crippen LogP contribution >= 0.6 is 7.60 Å². The summed E-state index contributed by atoms with van der Waals surface area (Å²) in [6.07, 6.45) is 11.5. The molecule has 0 aromatic carbocycles. The van der Waals surface area contributed by atoms with Gasteiger partial charge in [0.15, 0.2) is 0 Å². The highest BCUT2D eigenvalue weighted by Gasteiger charge is 2.50. The topological polar surface area (TPSA) is 35.5 Å². The fourth-order valence-corrected chi connectivity index (χ4v) is 7.20. The molecule has 0 aromatic rings. The summed E-state index contributed by atoms with van der Waals surface area (Å²) in [5.74, 6) is 3.17. The summed E-state index contributed by atoms with van der Waals surface area (Å²) in [4.78, 5) is 0. The molecule has 0 aromatic heterocycles. The maximum absolute atomic E-state index is 13.2. The zero-order valence-electron chi connectivity index (χ0n) is 14.3. The second-order valence-corrected chi connectivity index (χ2v) is 10.0. The first-order valence-corrected chi connectivity index (χ1v) is 11.3. The van der Waals surface area contributed by atoms with Gasteiger partial charge in [-0.05, 0) is 68.6 Å². The van der Waals surface area contributed by atoms with E-state index in [9.17, 15) is 4.57 Å². The van der Waals surface area contributed by atoms with Gasteiger partial charge in [-0.1, -0.05) is 26.7 Å². The molecule has 1 atom stereocenters. The Balaban J connectivity index is 1.63. The van der Waals surface area contributed by atoms with E-state index in [-0.39, 0.29) is 6.10 Å². The lowest BCUT2D eigenvalue weighted by molar-refractivity contribution is -0.0839. The Kier molecular flexibility index (Phi) is 5.69. The summed E-state index contributed by atoms with van der Waals surface area (Å²) < 4.78 is 25.3. The molecular formula is C18H33O3P. The molecule has 22 heavy (non-hydrogen) atoms. The van der Waals surface area contributed by atoms with Crippen LogP contribution in [0.3, 0.4) is 0 Å². The Bertz CT molecular complexity index is 381. The van der Waals surface area contributed by atoms with Crippen molar-refractivity contribution in [2.45, 2.75) is 77.7 Å². The van der Waals surface area contributed by atoms with Gasteiger partial charge in [-0.25, -0.2) is 0 Å². The van der Waals surface area contributed by atoms with Gasteiger partial charge in [0, 0.05) is 0 Å². The SMILES string of the molecule is CCCCOP(=O)(CCCC)OC1C2CC3CC(C2)CC1C3. The third kappa shape index (κ3) is 3.79. The Morgan fingerprint density at radius 3 is 2.05 bits per heavy atom. The van der Waals surface area contributed by atoms with Crippen molar-refractivity contribution >= 4 is 7.60 Å².